The van der Waals surface area contributed by atoms with E-state index in [0.29, 0.717) is 40.4 Å². The molecule has 4 aromatic rings. The molecule has 0 aliphatic rings. The quantitative estimate of drug-likeness (QED) is 0.219. The Morgan fingerprint density at radius 2 is 1.89 bits per heavy atom. The van der Waals surface area contributed by atoms with Gasteiger partial charge in [-0.3, -0.25) is 4.79 Å². The number of ether oxygens (including phenoxy) is 2. The van der Waals surface area contributed by atoms with Crippen molar-refractivity contribution in [3.8, 4) is 11.5 Å². The number of aryl methyl sites for hydroxylation is 1. The molecule has 0 atom stereocenters. The monoisotopic (exact) mass is 597 g/mol. The van der Waals surface area contributed by atoms with Crippen molar-refractivity contribution < 1.29 is 9.47 Å². The first-order chi connectivity index (χ1) is 16.8. The van der Waals surface area contributed by atoms with Gasteiger partial charge in [-0.1, -0.05) is 75.5 Å². The number of aromatic nitrogens is 2. The summed E-state index contributed by atoms with van der Waals surface area (Å²) in [6.07, 6.45) is 1.61. The van der Waals surface area contributed by atoms with Crippen LogP contribution >= 0.6 is 31.9 Å². The van der Waals surface area contributed by atoms with E-state index in [2.05, 4.69) is 43.0 Å². The van der Waals surface area contributed by atoms with E-state index in [1.165, 1.54) is 4.68 Å². The summed E-state index contributed by atoms with van der Waals surface area (Å²) in [4.78, 5) is 18.1. The highest BCUT2D eigenvalue weighted by Crippen LogP contribution is 2.35. The van der Waals surface area contributed by atoms with Crippen molar-refractivity contribution in [2.75, 3.05) is 7.11 Å². The number of rotatable bonds is 7. The number of hydrogen-bond donors (Lipinski definition) is 0. The fourth-order valence-electron chi connectivity index (χ4n) is 3.72. The van der Waals surface area contributed by atoms with Gasteiger partial charge in [0.15, 0.2) is 11.5 Å². The zero-order valence-corrected chi connectivity index (χ0v) is 23.1. The first-order valence-electron chi connectivity index (χ1n) is 11.1. The maximum atomic E-state index is 13.4. The highest BCUT2D eigenvalue weighted by molar-refractivity contribution is 9.10. The van der Waals surface area contributed by atoms with Crippen LogP contribution in [0.2, 0.25) is 0 Å². The summed E-state index contributed by atoms with van der Waals surface area (Å²) in [6.45, 7) is 6.37. The molecule has 0 radical (unpaired) electrons. The van der Waals surface area contributed by atoms with Gasteiger partial charge in [-0.25, -0.2) is 4.98 Å². The van der Waals surface area contributed by atoms with Crippen molar-refractivity contribution >= 4 is 49.0 Å². The van der Waals surface area contributed by atoms with Crippen molar-refractivity contribution in [2.45, 2.75) is 33.3 Å². The molecule has 8 heteroatoms. The van der Waals surface area contributed by atoms with Crippen molar-refractivity contribution in [3.05, 3.63) is 96.4 Å². The second-order valence-electron chi connectivity index (χ2n) is 8.45. The van der Waals surface area contributed by atoms with Gasteiger partial charge in [-0.15, -0.1) is 0 Å². The van der Waals surface area contributed by atoms with Crippen LogP contribution in [0.15, 0.2) is 73.4 Å². The molecule has 35 heavy (non-hydrogen) atoms. The van der Waals surface area contributed by atoms with Gasteiger partial charge in [0, 0.05) is 20.4 Å². The number of benzene rings is 3. The number of nitrogens with zero attached hydrogens (tertiary/aromatic N) is 3. The lowest BCUT2D eigenvalue weighted by molar-refractivity contribution is 0.284. The van der Waals surface area contributed by atoms with Crippen molar-refractivity contribution in [3.63, 3.8) is 0 Å². The molecule has 0 spiro atoms. The Bertz CT molecular complexity index is 1480. The maximum Gasteiger partial charge on any atom is 0.282 e. The molecule has 0 saturated heterocycles. The molecular weight excluding hydrogens is 574 g/mol. The Morgan fingerprint density at radius 3 is 2.60 bits per heavy atom. The Labute approximate surface area is 220 Å². The summed E-state index contributed by atoms with van der Waals surface area (Å²) in [5.74, 6) is 1.66. The minimum Gasteiger partial charge on any atom is -0.493 e. The number of methoxy groups -OCH3 is 1. The van der Waals surface area contributed by atoms with Crippen molar-refractivity contribution in [1.29, 1.82) is 0 Å². The fourth-order valence-corrected chi connectivity index (χ4v) is 4.54. The molecular formula is C27H25Br2N3O3. The molecule has 4 rings (SSSR count). The van der Waals surface area contributed by atoms with Crippen LogP contribution in [-0.4, -0.2) is 23.0 Å². The molecule has 0 bridgehead atoms. The van der Waals surface area contributed by atoms with E-state index in [-0.39, 0.29) is 11.5 Å². The smallest absolute Gasteiger partial charge is 0.282 e. The van der Waals surface area contributed by atoms with Crippen LogP contribution in [0.1, 0.15) is 42.3 Å². The van der Waals surface area contributed by atoms with Gasteiger partial charge in [0.1, 0.15) is 12.4 Å². The third-order valence-corrected chi connectivity index (χ3v) is 6.35. The third-order valence-electron chi connectivity index (χ3n) is 5.40. The van der Waals surface area contributed by atoms with Gasteiger partial charge in [0.25, 0.3) is 5.56 Å². The lowest BCUT2D eigenvalue weighted by atomic mass is 10.1. The van der Waals surface area contributed by atoms with Crippen molar-refractivity contribution in [1.82, 2.24) is 9.66 Å². The van der Waals surface area contributed by atoms with Crippen molar-refractivity contribution in [2.24, 2.45) is 5.10 Å². The topological polar surface area (TPSA) is 65.7 Å². The molecule has 0 fully saturated rings. The highest BCUT2D eigenvalue weighted by atomic mass is 79.9. The molecule has 0 saturated carbocycles. The predicted molar refractivity (Wildman–Crippen MR) is 147 cm³/mol. The van der Waals surface area contributed by atoms with E-state index in [9.17, 15) is 4.79 Å². The van der Waals surface area contributed by atoms with Crippen LogP contribution in [0.5, 0.6) is 11.5 Å². The Morgan fingerprint density at radius 1 is 1.09 bits per heavy atom. The van der Waals surface area contributed by atoms with E-state index in [1.54, 1.807) is 19.4 Å². The normalized spacial score (nSPS) is 11.5. The molecule has 0 amide bonds. The Kier molecular flexibility index (Phi) is 7.72. The summed E-state index contributed by atoms with van der Waals surface area (Å²) in [5, 5.41) is 5.06. The van der Waals surface area contributed by atoms with Crippen LogP contribution in [-0.2, 0) is 6.61 Å². The van der Waals surface area contributed by atoms with Crippen LogP contribution in [0.25, 0.3) is 10.9 Å². The SMILES string of the molecule is COc1cc(Br)cc(C=Nn2c(C(C)C)nc3ccc(Br)cc3c2=O)c1OCc1cccc(C)c1. The lowest BCUT2D eigenvalue weighted by Gasteiger charge is -2.15. The minimum absolute atomic E-state index is 0.0121. The molecule has 1 aromatic heterocycles. The lowest BCUT2D eigenvalue weighted by Crippen LogP contribution is -2.23. The summed E-state index contributed by atoms with van der Waals surface area (Å²) in [7, 11) is 1.59. The van der Waals surface area contributed by atoms with E-state index in [0.717, 1.165) is 20.1 Å². The third kappa shape index (κ3) is 5.65. The van der Waals surface area contributed by atoms with E-state index in [1.807, 2.05) is 63.2 Å². The van der Waals surface area contributed by atoms with Gasteiger partial charge < -0.3 is 9.47 Å². The molecule has 3 aromatic carbocycles. The largest absolute Gasteiger partial charge is 0.493 e. The summed E-state index contributed by atoms with van der Waals surface area (Å²) in [6, 6.07) is 17.3. The standard InChI is InChI=1S/C27H25Br2N3O3/c1-16(2)26-31-23-9-8-20(28)12-22(23)27(33)32(26)30-14-19-11-21(29)13-24(34-4)25(19)35-15-18-7-5-6-17(3)10-18/h5-14,16H,15H2,1-4H3. The van der Waals surface area contributed by atoms with Gasteiger partial charge in [-0.2, -0.15) is 9.78 Å². The van der Waals surface area contributed by atoms with Gasteiger partial charge in [0.2, 0.25) is 0 Å². The molecule has 0 aliphatic heterocycles. The number of halogens is 2. The predicted octanol–water partition coefficient (Wildman–Crippen LogP) is 6.82. The van der Waals surface area contributed by atoms with Gasteiger partial charge in [-0.05, 0) is 42.8 Å². The Balaban J connectivity index is 1.79. The molecule has 1 heterocycles. The number of hydrogen-bond acceptors (Lipinski definition) is 5. The molecule has 180 valence electrons. The highest BCUT2D eigenvalue weighted by Gasteiger charge is 2.16. The van der Waals surface area contributed by atoms with Crippen LogP contribution in [0.4, 0.5) is 0 Å². The zero-order valence-electron chi connectivity index (χ0n) is 19.9. The van der Waals surface area contributed by atoms with Crippen LogP contribution in [0, 0.1) is 6.92 Å². The summed E-state index contributed by atoms with van der Waals surface area (Å²) in [5.41, 5.74) is 3.27. The molecule has 0 aliphatic carbocycles. The second-order valence-corrected chi connectivity index (χ2v) is 10.3. The summed E-state index contributed by atoms with van der Waals surface area (Å²) >= 11 is 6.97. The second kappa shape index (κ2) is 10.7. The van der Waals surface area contributed by atoms with E-state index < -0.39 is 0 Å². The molecule has 0 N–H and O–H groups in total. The van der Waals surface area contributed by atoms with E-state index >= 15 is 0 Å². The molecule has 6 nitrogen and oxygen atoms in total. The first-order valence-corrected chi connectivity index (χ1v) is 12.7. The average molecular weight is 599 g/mol. The van der Waals surface area contributed by atoms with Crippen LogP contribution < -0.4 is 15.0 Å². The minimum atomic E-state index is -0.236. The molecule has 0 unspecified atom stereocenters. The van der Waals surface area contributed by atoms with Crippen LogP contribution in [0.3, 0.4) is 0 Å². The first kappa shape index (κ1) is 25.1. The van der Waals surface area contributed by atoms with Gasteiger partial charge >= 0.3 is 0 Å². The van der Waals surface area contributed by atoms with Gasteiger partial charge in [0.05, 0.1) is 24.2 Å². The van der Waals surface area contributed by atoms with E-state index in [4.69, 9.17) is 14.5 Å². The average Bonchev–Trinajstić information content (AvgIpc) is 2.82. The summed E-state index contributed by atoms with van der Waals surface area (Å²) < 4.78 is 14.7. The zero-order chi connectivity index (χ0) is 25.1. The Hall–Kier alpha value is -2.97. The number of fused-ring (bicyclic) bond motifs is 1. The fraction of sp³-hybridized carbons (Fsp3) is 0.222. The maximum absolute atomic E-state index is 13.4.